The second-order valence-electron chi connectivity index (χ2n) is 6.17. The molecule has 0 spiro atoms. The molecular weight excluding hydrogens is 312 g/mol. The molecular formula is C16H24N4O4. The zero-order valence-corrected chi connectivity index (χ0v) is 14.2. The van der Waals surface area contributed by atoms with Gasteiger partial charge in [-0.25, -0.2) is 4.79 Å². The fourth-order valence-corrected chi connectivity index (χ4v) is 2.85. The van der Waals surface area contributed by atoms with E-state index in [9.17, 15) is 14.9 Å². The Labute approximate surface area is 141 Å². The van der Waals surface area contributed by atoms with Crippen molar-refractivity contribution in [3.05, 3.63) is 34.4 Å². The van der Waals surface area contributed by atoms with E-state index >= 15 is 0 Å². The lowest BCUT2D eigenvalue weighted by Gasteiger charge is -2.38. The fraction of sp³-hybridized carbons (Fsp3) is 0.562. The first kappa shape index (κ1) is 18.2. The number of amides is 2. The lowest BCUT2D eigenvalue weighted by atomic mass is 10.2. The molecule has 1 aliphatic rings. The van der Waals surface area contributed by atoms with Gasteiger partial charge in [0, 0.05) is 31.7 Å². The van der Waals surface area contributed by atoms with Crippen molar-refractivity contribution < 1.29 is 14.5 Å². The molecule has 2 N–H and O–H groups in total. The summed E-state index contributed by atoms with van der Waals surface area (Å²) in [7, 11) is 0. The average molecular weight is 336 g/mol. The van der Waals surface area contributed by atoms with Crippen LogP contribution in [0.3, 0.4) is 0 Å². The van der Waals surface area contributed by atoms with Crippen LogP contribution in [0.2, 0.25) is 0 Å². The Bertz CT molecular complexity index is 585. The number of rotatable bonds is 5. The Morgan fingerprint density at radius 2 is 2.00 bits per heavy atom. The van der Waals surface area contributed by atoms with E-state index in [2.05, 4.69) is 15.5 Å². The standard InChI is InChI=1S/C16H24N4O4/c1-11(19-9-12(2)24-13(3)10-19)8-17-16(21)18-14-6-4-5-7-15(14)20(22)23/h4-7,11-13H,8-10H2,1-3H3,(H2,17,18,21)/t11-,12-,13+/m1/s1. The number of benzene rings is 1. The Hall–Kier alpha value is -2.19. The van der Waals surface area contributed by atoms with Crippen molar-refractivity contribution in [1.82, 2.24) is 10.2 Å². The SMILES string of the molecule is C[C@@H]1CN([C@H](C)CNC(=O)Nc2ccccc2[N+](=O)[O-])C[C@H](C)O1. The second-order valence-corrected chi connectivity index (χ2v) is 6.17. The maximum atomic E-state index is 12.0. The molecule has 2 rings (SSSR count). The summed E-state index contributed by atoms with van der Waals surface area (Å²) in [6.45, 7) is 8.19. The minimum atomic E-state index is -0.519. The molecule has 0 aliphatic carbocycles. The summed E-state index contributed by atoms with van der Waals surface area (Å²) in [5.41, 5.74) is 0.0535. The van der Waals surface area contributed by atoms with Gasteiger partial charge >= 0.3 is 6.03 Å². The van der Waals surface area contributed by atoms with E-state index in [1.807, 2.05) is 20.8 Å². The van der Waals surface area contributed by atoms with Gasteiger partial charge < -0.3 is 15.4 Å². The summed E-state index contributed by atoms with van der Waals surface area (Å²) >= 11 is 0. The summed E-state index contributed by atoms with van der Waals surface area (Å²) in [5.74, 6) is 0. The van der Waals surface area contributed by atoms with Gasteiger partial charge in [0.05, 0.1) is 17.1 Å². The third-order valence-electron chi connectivity index (χ3n) is 3.98. The average Bonchev–Trinajstić information content (AvgIpc) is 2.52. The number of para-hydroxylation sites is 2. The molecule has 0 bridgehead atoms. The summed E-state index contributed by atoms with van der Waals surface area (Å²) in [4.78, 5) is 24.7. The van der Waals surface area contributed by atoms with E-state index in [-0.39, 0.29) is 29.6 Å². The van der Waals surface area contributed by atoms with Crippen molar-refractivity contribution in [3.63, 3.8) is 0 Å². The van der Waals surface area contributed by atoms with Crippen LogP contribution in [-0.2, 0) is 4.74 Å². The van der Waals surface area contributed by atoms with Gasteiger partial charge in [-0.05, 0) is 26.8 Å². The van der Waals surface area contributed by atoms with Crippen LogP contribution in [0.1, 0.15) is 20.8 Å². The molecule has 24 heavy (non-hydrogen) atoms. The predicted molar refractivity (Wildman–Crippen MR) is 91.2 cm³/mol. The molecule has 1 aliphatic heterocycles. The molecule has 1 saturated heterocycles. The van der Waals surface area contributed by atoms with E-state index in [1.165, 1.54) is 12.1 Å². The van der Waals surface area contributed by atoms with Gasteiger partial charge in [0.1, 0.15) is 5.69 Å². The molecule has 1 fully saturated rings. The van der Waals surface area contributed by atoms with Crippen LogP contribution in [0.25, 0.3) is 0 Å². The monoisotopic (exact) mass is 336 g/mol. The summed E-state index contributed by atoms with van der Waals surface area (Å²) in [6.07, 6.45) is 0.328. The summed E-state index contributed by atoms with van der Waals surface area (Å²) in [5, 5.41) is 16.3. The number of carbonyl (C=O) groups excluding carboxylic acids is 1. The van der Waals surface area contributed by atoms with Crippen molar-refractivity contribution in [2.45, 2.75) is 39.0 Å². The second kappa shape index (κ2) is 8.07. The predicted octanol–water partition coefficient (Wildman–Crippen LogP) is 2.21. The van der Waals surface area contributed by atoms with Gasteiger partial charge in [0.15, 0.2) is 0 Å². The molecule has 8 heteroatoms. The first-order valence-corrected chi connectivity index (χ1v) is 8.04. The van der Waals surface area contributed by atoms with E-state index in [0.29, 0.717) is 6.54 Å². The molecule has 132 valence electrons. The number of anilines is 1. The van der Waals surface area contributed by atoms with Crippen molar-refractivity contribution in [1.29, 1.82) is 0 Å². The largest absolute Gasteiger partial charge is 0.373 e. The van der Waals surface area contributed by atoms with Gasteiger partial charge in [-0.1, -0.05) is 12.1 Å². The van der Waals surface area contributed by atoms with Crippen molar-refractivity contribution in [3.8, 4) is 0 Å². The number of hydrogen-bond donors (Lipinski definition) is 2. The topological polar surface area (TPSA) is 96.7 Å². The number of nitro groups is 1. The quantitative estimate of drug-likeness (QED) is 0.635. The minimum Gasteiger partial charge on any atom is -0.373 e. The number of carbonyl (C=O) groups is 1. The number of nitro benzene ring substituents is 1. The zero-order valence-electron chi connectivity index (χ0n) is 14.2. The highest BCUT2D eigenvalue weighted by molar-refractivity contribution is 5.91. The number of nitrogens with zero attached hydrogens (tertiary/aromatic N) is 2. The maximum Gasteiger partial charge on any atom is 0.319 e. The molecule has 0 radical (unpaired) electrons. The van der Waals surface area contributed by atoms with Gasteiger partial charge in [-0.2, -0.15) is 0 Å². The van der Waals surface area contributed by atoms with Crippen molar-refractivity contribution >= 4 is 17.4 Å². The van der Waals surface area contributed by atoms with Crippen LogP contribution in [0, 0.1) is 10.1 Å². The number of hydrogen-bond acceptors (Lipinski definition) is 5. The molecule has 3 atom stereocenters. The van der Waals surface area contributed by atoms with Crippen LogP contribution in [0.5, 0.6) is 0 Å². The number of ether oxygens (including phenoxy) is 1. The Balaban J connectivity index is 1.86. The number of nitrogens with one attached hydrogen (secondary N) is 2. The first-order chi connectivity index (χ1) is 11.4. The summed E-state index contributed by atoms with van der Waals surface area (Å²) in [6, 6.07) is 5.76. The summed E-state index contributed by atoms with van der Waals surface area (Å²) < 4.78 is 5.70. The molecule has 0 aromatic heterocycles. The van der Waals surface area contributed by atoms with Crippen LogP contribution < -0.4 is 10.6 Å². The van der Waals surface area contributed by atoms with Gasteiger partial charge in [0.2, 0.25) is 0 Å². The van der Waals surface area contributed by atoms with Gasteiger partial charge in [-0.3, -0.25) is 15.0 Å². The third-order valence-corrected chi connectivity index (χ3v) is 3.98. The normalized spacial score (nSPS) is 22.6. The van der Waals surface area contributed by atoms with E-state index in [4.69, 9.17) is 4.74 Å². The molecule has 1 heterocycles. The minimum absolute atomic E-state index is 0.128. The van der Waals surface area contributed by atoms with Gasteiger partial charge in [0.25, 0.3) is 5.69 Å². The zero-order chi connectivity index (χ0) is 17.7. The third kappa shape index (κ3) is 4.90. The Morgan fingerprint density at radius 3 is 2.62 bits per heavy atom. The van der Waals surface area contributed by atoms with Crippen molar-refractivity contribution in [2.75, 3.05) is 25.0 Å². The van der Waals surface area contributed by atoms with E-state index in [1.54, 1.807) is 12.1 Å². The number of urea groups is 1. The lowest BCUT2D eigenvalue weighted by molar-refractivity contribution is -0.383. The lowest BCUT2D eigenvalue weighted by Crippen LogP contribution is -2.52. The molecule has 1 aromatic rings. The molecule has 0 saturated carbocycles. The van der Waals surface area contributed by atoms with E-state index < -0.39 is 11.0 Å². The van der Waals surface area contributed by atoms with E-state index in [0.717, 1.165) is 13.1 Å². The highest BCUT2D eigenvalue weighted by Gasteiger charge is 2.26. The molecule has 2 amide bonds. The van der Waals surface area contributed by atoms with Crippen molar-refractivity contribution in [2.24, 2.45) is 0 Å². The highest BCUT2D eigenvalue weighted by atomic mass is 16.6. The Kier molecular flexibility index (Phi) is 6.10. The maximum absolute atomic E-state index is 12.0. The van der Waals surface area contributed by atoms with Gasteiger partial charge in [-0.15, -0.1) is 0 Å². The number of morpholine rings is 1. The first-order valence-electron chi connectivity index (χ1n) is 8.04. The Morgan fingerprint density at radius 1 is 1.38 bits per heavy atom. The van der Waals surface area contributed by atoms with Crippen LogP contribution in [0.15, 0.2) is 24.3 Å². The van der Waals surface area contributed by atoms with Crippen LogP contribution in [-0.4, -0.2) is 53.7 Å². The highest BCUT2D eigenvalue weighted by Crippen LogP contribution is 2.22. The molecule has 0 unspecified atom stereocenters. The smallest absolute Gasteiger partial charge is 0.319 e. The molecule has 1 aromatic carbocycles. The fourth-order valence-electron chi connectivity index (χ4n) is 2.85. The molecule has 8 nitrogen and oxygen atoms in total. The van der Waals surface area contributed by atoms with Crippen LogP contribution in [0.4, 0.5) is 16.2 Å². The van der Waals surface area contributed by atoms with Crippen LogP contribution >= 0.6 is 0 Å².